The molecule has 1 N–H and O–H groups in total. The Morgan fingerprint density at radius 2 is 1.50 bits per heavy atom. The molecule has 0 aliphatic heterocycles. The van der Waals surface area contributed by atoms with Crippen molar-refractivity contribution in [3.8, 4) is 0 Å². The van der Waals surface area contributed by atoms with Crippen LogP contribution in [-0.2, 0) is 32.6 Å². The number of anilines is 1. The van der Waals surface area contributed by atoms with E-state index in [0.29, 0.717) is 17.1 Å². The smallest absolute Gasteiger partial charge is 0.264 e. The molecule has 11 heteroatoms. The summed E-state index contributed by atoms with van der Waals surface area (Å²) in [6.07, 6.45) is 0.205. The van der Waals surface area contributed by atoms with Gasteiger partial charge in [0.15, 0.2) is 0 Å². The fraction of sp³-hybridized carbons (Fsp3) is 0.212. The van der Waals surface area contributed by atoms with E-state index < -0.39 is 28.5 Å². The molecule has 230 valence electrons. The number of carbonyl (C=O) groups is 2. The summed E-state index contributed by atoms with van der Waals surface area (Å²) in [6, 6.07) is 26.0. The highest BCUT2D eigenvalue weighted by atomic mass is 35.5. The summed E-state index contributed by atoms with van der Waals surface area (Å²) >= 11 is 18.7. The first-order valence-corrected chi connectivity index (χ1v) is 16.5. The molecule has 2 amide bonds. The summed E-state index contributed by atoms with van der Waals surface area (Å²) in [6.45, 7) is 3.38. The maximum absolute atomic E-state index is 14.4. The highest BCUT2D eigenvalue weighted by Gasteiger charge is 2.34. The van der Waals surface area contributed by atoms with Gasteiger partial charge in [0.05, 0.1) is 20.6 Å². The van der Waals surface area contributed by atoms with Crippen molar-refractivity contribution in [2.75, 3.05) is 17.4 Å². The lowest BCUT2D eigenvalue weighted by Gasteiger charge is -2.34. The van der Waals surface area contributed by atoms with Gasteiger partial charge in [-0.1, -0.05) is 95.0 Å². The molecule has 0 bridgehead atoms. The quantitative estimate of drug-likeness (QED) is 0.177. The number of nitrogens with zero attached hydrogens (tertiary/aromatic N) is 2. The summed E-state index contributed by atoms with van der Waals surface area (Å²) in [5, 5.41) is 3.66. The fourth-order valence-electron chi connectivity index (χ4n) is 4.68. The number of likely N-dealkylation sites (N-methyl/N-ethyl adjacent to an activating group) is 1. The van der Waals surface area contributed by atoms with Crippen LogP contribution in [0.3, 0.4) is 0 Å². The minimum absolute atomic E-state index is 0.00655. The normalized spacial score (nSPS) is 11.9. The molecule has 1 atom stereocenters. The van der Waals surface area contributed by atoms with Crippen LogP contribution in [0.2, 0.25) is 15.1 Å². The van der Waals surface area contributed by atoms with Crippen LogP contribution in [0.4, 0.5) is 5.69 Å². The summed E-state index contributed by atoms with van der Waals surface area (Å²) in [7, 11) is -4.26. The molecule has 0 spiro atoms. The van der Waals surface area contributed by atoms with Gasteiger partial charge in [-0.25, -0.2) is 8.42 Å². The van der Waals surface area contributed by atoms with Crippen molar-refractivity contribution < 1.29 is 18.0 Å². The van der Waals surface area contributed by atoms with Crippen LogP contribution in [-0.4, -0.2) is 44.3 Å². The second-order valence-corrected chi connectivity index (χ2v) is 13.3. The zero-order valence-electron chi connectivity index (χ0n) is 24.2. The van der Waals surface area contributed by atoms with Gasteiger partial charge in [0.25, 0.3) is 10.0 Å². The number of amides is 2. The van der Waals surface area contributed by atoms with Gasteiger partial charge >= 0.3 is 0 Å². The molecule has 44 heavy (non-hydrogen) atoms. The second-order valence-electron chi connectivity index (χ2n) is 10.2. The summed E-state index contributed by atoms with van der Waals surface area (Å²) in [5.41, 5.74) is 2.53. The van der Waals surface area contributed by atoms with E-state index in [1.807, 2.05) is 37.3 Å². The number of sulfonamides is 1. The van der Waals surface area contributed by atoms with Gasteiger partial charge < -0.3 is 10.2 Å². The summed E-state index contributed by atoms with van der Waals surface area (Å²) in [5.74, 6) is -0.965. The van der Waals surface area contributed by atoms with Crippen molar-refractivity contribution in [3.05, 3.63) is 129 Å². The van der Waals surface area contributed by atoms with E-state index >= 15 is 0 Å². The van der Waals surface area contributed by atoms with Gasteiger partial charge in [-0.15, -0.1) is 0 Å². The topological polar surface area (TPSA) is 86.8 Å². The van der Waals surface area contributed by atoms with Crippen LogP contribution in [0.1, 0.15) is 23.6 Å². The number of halogens is 3. The number of hydrogen-bond acceptors (Lipinski definition) is 4. The molecule has 0 radical (unpaired) electrons. The number of hydrogen-bond donors (Lipinski definition) is 1. The Balaban J connectivity index is 1.81. The molecule has 4 rings (SSSR count). The highest BCUT2D eigenvalue weighted by molar-refractivity contribution is 7.92. The molecule has 0 aromatic heterocycles. The van der Waals surface area contributed by atoms with Gasteiger partial charge in [-0.2, -0.15) is 0 Å². The van der Waals surface area contributed by atoms with Crippen LogP contribution >= 0.6 is 34.8 Å². The molecule has 7 nitrogen and oxygen atoms in total. The predicted octanol–water partition coefficient (Wildman–Crippen LogP) is 6.93. The zero-order valence-corrected chi connectivity index (χ0v) is 27.3. The molecule has 0 fully saturated rings. The van der Waals surface area contributed by atoms with Gasteiger partial charge in [-0.05, 0) is 67.4 Å². The standard InChI is InChI=1S/C33H32Cl3N3O4S/c1-3-37-33(41)31(19-24-8-5-4-6-9-24)38(21-25-10-7-11-26(34)18-25)32(40)22-39(27-14-17-29(35)30(36)20-27)44(42,43)28-15-12-23(2)13-16-28/h4-18,20,31H,3,19,21-22H2,1-2H3,(H,37,41)/t31-/m1/s1. The Morgan fingerprint density at radius 1 is 0.818 bits per heavy atom. The molecular weight excluding hydrogens is 641 g/mol. The second kappa shape index (κ2) is 14.9. The van der Waals surface area contributed by atoms with Crippen LogP contribution in [0.5, 0.6) is 0 Å². The first-order chi connectivity index (χ1) is 21.0. The van der Waals surface area contributed by atoms with Gasteiger partial charge in [0.1, 0.15) is 12.6 Å². The van der Waals surface area contributed by atoms with Crippen LogP contribution in [0.15, 0.2) is 102 Å². The highest BCUT2D eigenvalue weighted by Crippen LogP contribution is 2.31. The van der Waals surface area contributed by atoms with Crippen molar-refractivity contribution in [1.82, 2.24) is 10.2 Å². The van der Waals surface area contributed by atoms with Crippen molar-refractivity contribution in [3.63, 3.8) is 0 Å². The third kappa shape index (κ3) is 8.33. The van der Waals surface area contributed by atoms with Crippen LogP contribution in [0.25, 0.3) is 0 Å². The minimum atomic E-state index is -4.26. The van der Waals surface area contributed by atoms with E-state index in [2.05, 4.69) is 5.32 Å². The number of aryl methyl sites for hydroxylation is 1. The SMILES string of the molecule is CCNC(=O)[C@@H](Cc1ccccc1)N(Cc1cccc(Cl)c1)C(=O)CN(c1ccc(Cl)c(Cl)c1)S(=O)(=O)c1ccc(C)cc1. The molecule has 0 saturated carbocycles. The Bertz CT molecular complexity index is 1720. The average molecular weight is 673 g/mol. The maximum Gasteiger partial charge on any atom is 0.264 e. The van der Waals surface area contributed by atoms with E-state index in [1.165, 1.54) is 35.2 Å². The largest absolute Gasteiger partial charge is 0.355 e. The minimum Gasteiger partial charge on any atom is -0.355 e. The number of rotatable bonds is 12. The van der Waals surface area contributed by atoms with Crippen molar-refractivity contribution in [1.29, 1.82) is 0 Å². The van der Waals surface area contributed by atoms with Crippen LogP contribution < -0.4 is 9.62 Å². The van der Waals surface area contributed by atoms with E-state index in [0.717, 1.165) is 15.4 Å². The first kappa shape index (κ1) is 33.3. The fourth-order valence-corrected chi connectivity index (χ4v) is 6.60. The van der Waals surface area contributed by atoms with Gasteiger partial charge in [0.2, 0.25) is 11.8 Å². The van der Waals surface area contributed by atoms with E-state index in [1.54, 1.807) is 43.3 Å². The van der Waals surface area contributed by atoms with Crippen LogP contribution in [0, 0.1) is 6.92 Å². The maximum atomic E-state index is 14.4. The molecule has 0 unspecified atom stereocenters. The van der Waals surface area contributed by atoms with Gasteiger partial charge in [0, 0.05) is 24.5 Å². The summed E-state index contributed by atoms with van der Waals surface area (Å²) < 4.78 is 29.2. The number of nitrogens with one attached hydrogen (secondary N) is 1. The number of carbonyl (C=O) groups excluding carboxylic acids is 2. The third-order valence-corrected chi connectivity index (χ3v) is 9.71. The Hall–Kier alpha value is -3.56. The molecule has 0 heterocycles. The summed E-state index contributed by atoms with van der Waals surface area (Å²) in [4.78, 5) is 29.3. The third-order valence-electron chi connectivity index (χ3n) is 6.94. The first-order valence-electron chi connectivity index (χ1n) is 13.9. The molecule has 0 aliphatic rings. The lowest BCUT2D eigenvalue weighted by Crippen LogP contribution is -2.53. The average Bonchev–Trinajstić information content (AvgIpc) is 3.00. The Labute approximate surface area is 273 Å². The van der Waals surface area contributed by atoms with Crippen molar-refractivity contribution >= 4 is 62.3 Å². The lowest BCUT2D eigenvalue weighted by atomic mass is 10.0. The van der Waals surface area contributed by atoms with Crippen molar-refractivity contribution in [2.45, 2.75) is 37.8 Å². The predicted molar refractivity (Wildman–Crippen MR) is 177 cm³/mol. The Kier molecular flexibility index (Phi) is 11.3. The van der Waals surface area contributed by atoms with E-state index in [9.17, 15) is 18.0 Å². The zero-order chi connectivity index (χ0) is 31.9. The monoisotopic (exact) mass is 671 g/mol. The van der Waals surface area contributed by atoms with Crippen molar-refractivity contribution in [2.24, 2.45) is 0 Å². The molecule has 0 aliphatic carbocycles. The molecule has 4 aromatic rings. The molecular formula is C33H32Cl3N3O4S. The Morgan fingerprint density at radius 3 is 2.14 bits per heavy atom. The van der Waals surface area contributed by atoms with Gasteiger partial charge in [-0.3, -0.25) is 13.9 Å². The van der Waals surface area contributed by atoms with E-state index in [4.69, 9.17) is 34.8 Å². The lowest BCUT2D eigenvalue weighted by molar-refractivity contribution is -0.140. The molecule has 4 aromatic carbocycles. The van der Waals surface area contributed by atoms with E-state index in [-0.39, 0.29) is 39.5 Å². The number of benzene rings is 4. The molecule has 0 saturated heterocycles.